The van der Waals surface area contributed by atoms with Gasteiger partial charge in [0.2, 0.25) is 5.91 Å². The first kappa shape index (κ1) is 17.0. The van der Waals surface area contributed by atoms with Crippen LogP contribution in [0, 0.1) is 6.92 Å². The Morgan fingerprint density at radius 1 is 1.29 bits per heavy atom. The summed E-state index contributed by atoms with van der Waals surface area (Å²) in [6.07, 6.45) is 3.08. The van der Waals surface area contributed by atoms with Gasteiger partial charge in [0.15, 0.2) is 0 Å². The number of amides is 2. The molecule has 2 fully saturated rings. The maximum Gasteiger partial charge on any atom is 0.255 e. The molecule has 1 atom stereocenters. The molecule has 24 heavy (non-hydrogen) atoms. The van der Waals surface area contributed by atoms with Gasteiger partial charge in [-0.2, -0.15) is 0 Å². The number of carbonyl (C=O) groups excluding carboxylic acids is 2. The predicted octanol–water partition coefficient (Wildman–Crippen LogP) is 0.641. The first-order valence-electron chi connectivity index (χ1n) is 8.59. The summed E-state index contributed by atoms with van der Waals surface area (Å²) in [5, 5.41) is 2.86. The Hall–Kier alpha value is -1.86. The van der Waals surface area contributed by atoms with Crippen molar-refractivity contribution in [3.63, 3.8) is 0 Å². The van der Waals surface area contributed by atoms with E-state index in [0.29, 0.717) is 24.3 Å². The first-order valence-corrected chi connectivity index (χ1v) is 8.59. The van der Waals surface area contributed by atoms with Crippen LogP contribution in [0.3, 0.4) is 0 Å². The monoisotopic (exact) mass is 335 g/mol. The third kappa shape index (κ3) is 3.96. The molecule has 3 rings (SSSR count). The van der Waals surface area contributed by atoms with Gasteiger partial charge in [-0.1, -0.05) is 0 Å². The number of piperidine rings is 1. The summed E-state index contributed by atoms with van der Waals surface area (Å²) in [5.41, 5.74) is 0.494. The molecule has 1 aromatic heterocycles. The summed E-state index contributed by atoms with van der Waals surface area (Å²) in [5.74, 6) is 0.346. The van der Waals surface area contributed by atoms with Gasteiger partial charge in [0.05, 0.1) is 25.0 Å². The molecule has 0 aromatic carbocycles. The summed E-state index contributed by atoms with van der Waals surface area (Å²) in [4.78, 5) is 29.1. The molecule has 2 saturated heterocycles. The number of furan rings is 1. The van der Waals surface area contributed by atoms with E-state index >= 15 is 0 Å². The van der Waals surface area contributed by atoms with Crippen LogP contribution >= 0.6 is 0 Å². The van der Waals surface area contributed by atoms with E-state index in [1.165, 1.54) is 6.26 Å². The Bertz CT molecular complexity index is 580. The molecule has 7 nitrogen and oxygen atoms in total. The van der Waals surface area contributed by atoms with Crippen molar-refractivity contribution in [1.29, 1.82) is 0 Å². The molecule has 2 aliphatic heterocycles. The summed E-state index contributed by atoms with van der Waals surface area (Å²) in [7, 11) is 0. The van der Waals surface area contributed by atoms with Gasteiger partial charge >= 0.3 is 0 Å². The molecule has 0 spiro atoms. The maximum absolute atomic E-state index is 12.6. The molecule has 1 aromatic rings. The van der Waals surface area contributed by atoms with Crippen molar-refractivity contribution in [2.24, 2.45) is 0 Å². The van der Waals surface area contributed by atoms with E-state index in [9.17, 15) is 9.59 Å². The van der Waals surface area contributed by atoms with Crippen molar-refractivity contribution in [3.8, 4) is 0 Å². The Morgan fingerprint density at radius 2 is 2.08 bits per heavy atom. The number of hydrogen-bond acceptors (Lipinski definition) is 5. The van der Waals surface area contributed by atoms with Crippen LogP contribution in [0.5, 0.6) is 0 Å². The molecule has 0 saturated carbocycles. The van der Waals surface area contributed by atoms with Crippen molar-refractivity contribution in [3.05, 3.63) is 23.7 Å². The molecule has 0 aliphatic carbocycles. The molecule has 3 heterocycles. The second kappa shape index (κ2) is 7.81. The average Bonchev–Trinajstić information content (AvgIpc) is 3.03. The predicted molar refractivity (Wildman–Crippen MR) is 87.8 cm³/mol. The Kier molecular flexibility index (Phi) is 5.52. The minimum atomic E-state index is -0.440. The lowest BCUT2D eigenvalue weighted by Gasteiger charge is -2.35. The zero-order chi connectivity index (χ0) is 16.9. The van der Waals surface area contributed by atoms with Gasteiger partial charge in [0.25, 0.3) is 5.91 Å². The summed E-state index contributed by atoms with van der Waals surface area (Å²) < 4.78 is 10.5. The van der Waals surface area contributed by atoms with Gasteiger partial charge in [0, 0.05) is 32.7 Å². The minimum absolute atomic E-state index is 0.0176. The number of ether oxygens (including phenoxy) is 1. The summed E-state index contributed by atoms with van der Waals surface area (Å²) >= 11 is 0. The number of aryl methyl sites for hydroxylation is 1. The van der Waals surface area contributed by atoms with Gasteiger partial charge in [-0.15, -0.1) is 0 Å². The van der Waals surface area contributed by atoms with Crippen molar-refractivity contribution in [1.82, 2.24) is 15.1 Å². The third-order valence-electron chi connectivity index (χ3n) is 4.73. The highest BCUT2D eigenvalue weighted by Gasteiger charge is 2.30. The molecular formula is C17H25N3O4. The van der Waals surface area contributed by atoms with Crippen LogP contribution in [0.25, 0.3) is 0 Å². The van der Waals surface area contributed by atoms with E-state index in [2.05, 4.69) is 10.2 Å². The van der Waals surface area contributed by atoms with E-state index < -0.39 is 6.04 Å². The second-order valence-electron chi connectivity index (χ2n) is 6.34. The van der Waals surface area contributed by atoms with Crippen LogP contribution in [-0.2, 0) is 9.53 Å². The quantitative estimate of drug-likeness (QED) is 0.855. The highest BCUT2D eigenvalue weighted by atomic mass is 16.5. The lowest BCUT2D eigenvalue weighted by Crippen LogP contribution is -2.54. The van der Waals surface area contributed by atoms with E-state index in [4.69, 9.17) is 9.15 Å². The smallest absolute Gasteiger partial charge is 0.255 e. The first-order chi connectivity index (χ1) is 11.6. The molecule has 0 bridgehead atoms. The fourth-order valence-corrected chi connectivity index (χ4v) is 3.24. The van der Waals surface area contributed by atoms with Crippen LogP contribution in [0.1, 0.15) is 29.0 Å². The fourth-order valence-electron chi connectivity index (χ4n) is 3.24. The molecule has 2 amide bonds. The van der Waals surface area contributed by atoms with Crippen LogP contribution in [0.2, 0.25) is 0 Å². The van der Waals surface area contributed by atoms with Gasteiger partial charge < -0.3 is 19.4 Å². The standard InChI is InChI=1S/C17H25N3O4/c1-13-14(4-10-24-13)16(21)18-15-3-2-5-20(17(15)22)7-6-19-8-11-23-12-9-19/h4,10,15H,2-3,5-9,11-12H2,1H3,(H,18,21). The van der Waals surface area contributed by atoms with E-state index in [-0.39, 0.29) is 11.8 Å². The molecule has 132 valence electrons. The second-order valence-corrected chi connectivity index (χ2v) is 6.34. The Labute approximate surface area is 141 Å². The maximum atomic E-state index is 12.6. The number of hydrogen-bond donors (Lipinski definition) is 1. The van der Waals surface area contributed by atoms with Crippen molar-refractivity contribution >= 4 is 11.8 Å². The fraction of sp³-hybridized carbons (Fsp3) is 0.647. The number of nitrogens with zero attached hydrogens (tertiary/aromatic N) is 2. The van der Waals surface area contributed by atoms with Gasteiger partial charge in [-0.3, -0.25) is 14.5 Å². The number of likely N-dealkylation sites (tertiary alicyclic amines) is 1. The highest BCUT2D eigenvalue weighted by molar-refractivity contribution is 5.98. The van der Waals surface area contributed by atoms with Gasteiger partial charge in [-0.05, 0) is 25.8 Å². The number of rotatable bonds is 5. The van der Waals surface area contributed by atoms with Crippen LogP contribution < -0.4 is 5.32 Å². The minimum Gasteiger partial charge on any atom is -0.469 e. The van der Waals surface area contributed by atoms with E-state index in [1.807, 2.05) is 4.90 Å². The van der Waals surface area contributed by atoms with E-state index in [0.717, 1.165) is 45.8 Å². The number of morpholine rings is 1. The van der Waals surface area contributed by atoms with Crippen LogP contribution in [-0.4, -0.2) is 73.6 Å². The van der Waals surface area contributed by atoms with E-state index in [1.54, 1.807) is 13.0 Å². The Balaban J connectivity index is 1.52. The number of carbonyl (C=O) groups is 2. The summed E-state index contributed by atoms with van der Waals surface area (Å²) in [6.45, 7) is 7.43. The lowest BCUT2D eigenvalue weighted by atomic mass is 10.0. The molecule has 1 unspecified atom stereocenters. The van der Waals surface area contributed by atoms with Crippen LogP contribution in [0.4, 0.5) is 0 Å². The topological polar surface area (TPSA) is 75.0 Å². The molecule has 1 N–H and O–H groups in total. The summed E-state index contributed by atoms with van der Waals surface area (Å²) in [6, 6.07) is 1.19. The molecular weight excluding hydrogens is 310 g/mol. The number of nitrogens with one attached hydrogen (secondary N) is 1. The lowest BCUT2D eigenvalue weighted by molar-refractivity contribution is -0.136. The molecule has 7 heteroatoms. The van der Waals surface area contributed by atoms with Gasteiger partial charge in [0.1, 0.15) is 11.8 Å². The molecule has 2 aliphatic rings. The van der Waals surface area contributed by atoms with Crippen LogP contribution in [0.15, 0.2) is 16.7 Å². The molecule has 0 radical (unpaired) electrons. The average molecular weight is 335 g/mol. The SMILES string of the molecule is Cc1occc1C(=O)NC1CCCN(CCN2CCOCC2)C1=O. The Morgan fingerprint density at radius 3 is 2.79 bits per heavy atom. The zero-order valence-electron chi connectivity index (χ0n) is 14.1. The van der Waals surface area contributed by atoms with Crippen molar-refractivity contribution in [2.75, 3.05) is 45.9 Å². The third-order valence-corrected chi connectivity index (χ3v) is 4.73. The van der Waals surface area contributed by atoms with Gasteiger partial charge in [-0.25, -0.2) is 0 Å². The van der Waals surface area contributed by atoms with Crippen molar-refractivity contribution < 1.29 is 18.7 Å². The zero-order valence-corrected chi connectivity index (χ0v) is 14.1. The highest BCUT2D eigenvalue weighted by Crippen LogP contribution is 2.14. The van der Waals surface area contributed by atoms with Crippen molar-refractivity contribution in [2.45, 2.75) is 25.8 Å². The largest absolute Gasteiger partial charge is 0.469 e. The normalized spacial score (nSPS) is 22.6.